The lowest BCUT2D eigenvalue weighted by Crippen LogP contribution is -2.52. The molecule has 1 heterocycles. The highest BCUT2D eigenvalue weighted by atomic mass is 16.5. The van der Waals surface area contributed by atoms with Gasteiger partial charge in [-0.05, 0) is 53.4 Å². The van der Waals surface area contributed by atoms with Crippen molar-refractivity contribution in [1.29, 1.82) is 0 Å². The number of hydrogen-bond donors (Lipinski definition) is 2. The summed E-state index contributed by atoms with van der Waals surface area (Å²) in [5.41, 5.74) is 4.43. The van der Waals surface area contributed by atoms with Crippen LogP contribution in [0.2, 0.25) is 0 Å². The largest absolute Gasteiger partial charge is 0.481 e. The number of fused-ring (bicyclic) bond motifs is 5. The third kappa shape index (κ3) is 4.32. The molecule has 0 spiro atoms. The first-order valence-electron chi connectivity index (χ1n) is 11.6. The van der Waals surface area contributed by atoms with Crippen molar-refractivity contribution < 1.29 is 24.2 Å². The van der Waals surface area contributed by atoms with Crippen molar-refractivity contribution in [3.63, 3.8) is 0 Å². The molecule has 7 heteroatoms. The number of carboxylic acid groups (broad SMARTS) is 1. The molecule has 0 radical (unpaired) electrons. The number of piperidine rings is 1. The smallest absolute Gasteiger partial charge is 0.407 e. The van der Waals surface area contributed by atoms with Gasteiger partial charge in [0.15, 0.2) is 0 Å². The number of hydrogen-bond acceptors (Lipinski definition) is 4. The highest BCUT2D eigenvalue weighted by Crippen LogP contribution is 2.44. The van der Waals surface area contributed by atoms with Crippen LogP contribution in [0.25, 0.3) is 11.1 Å². The summed E-state index contributed by atoms with van der Waals surface area (Å²) in [5.74, 6) is -0.607. The molecule has 2 aromatic carbocycles. The summed E-state index contributed by atoms with van der Waals surface area (Å²) < 4.78 is 5.53. The van der Waals surface area contributed by atoms with E-state index < -0.39 is 24.5 Å². The Kier molecular flexibility index (Phi) is 5.79. The van der Waals surface area contributed by atoms with Crippen LogP contribution >= 0.6 is 0 Å². The molecule has 7 nitrogen and oxygen atoms in total. The predicted octanol–water partition coefficient (Wildman–Crippen LogP) is 3.63. The predicted molar refractivity (Wildman–Crippen MR) is 122 cm³/mol. The summed E-state index contributed by atoms with van der Waals surface area (Å²) in [6.07, 6.45) is 2.12. The van der Waals surface area contributed by atoms with Gasteiger partial charge in [0, 0.05) is 19.0 Å². The molecule has 3 aliphatic rings. The fourth-order valence-electron chi connectivity index (χ4n) is 5.77. The lowest BCUT2D eigenvalue weighted by molar-refractivity contribution is -0.143. The monoisotopic (exact) mass is 448 g/mol. The van der Waals surface area contributed by atoms with Crippen LogP contribution in [0.4, 0.5) is 4.79 Å². The molecule has 2 amide bonds. The SMILES string of the molecule is O=C(O)CC(NC(=O)OCC1c2ccccc2-c2ccccc21)C(=O)N1CC2CCC(C2)C1. The zero-order chi connectivity index (χ0) is 22.9. The molecule has 1 saturated heterocycles. The number of ether oxygens (including phenoxy) is 1. The van der Waals surface area contributed by atoms with E-state index in [0.29, 0.717) is 24.9 Å². The van der Waals surface area contributed by atoms with Gasteiger partial charge >= 0.3 is 12.1 Å². The van der Waals surface area contributed by atoms with Crippen LogP contribution < -0.4 is 5.32 Å². The molecular weight excluding hydrogens is 420 g/mol. The van der Waals surface area contributed by atoms with Crippen LogP contribution in [0.1, 0.15) is 42.7 Å². The van der Waals surface area contributed by atoms with E-state index in [1.807, 2.05) is 36.4 Å². The van der Waals surface area contributed by atoms with Crippen LogP contribution in [0.3, 0.4) is 0 Å². The van der Waals surface area contributed by atoms with E-state index >= 15 is 0 Å². The molecule has 172 valence electrons. The Morgan fingerprint density at radius 3 is 2.12 bits per heavy atom. The Morgan fingerprint density at radius 2 is 1.55 bits per heavy atom. The minimum absolute atomic E-state index is 0.102. The molecule has 2 aromatic rings. The summed E-state index contributed by atoms with van der Waals surface area (Å²) in [4.78, 5) is 38.8. The fraction of sp³-hybridized carbons (Fsp3) is 0.423. The fourth-order valence-corrected chi connectivity index (χ4v) is 5.77. The third-order valence-electron chi connectivity index (χ3n) is 7.23. The van der Waals surface area contributed by atoms with Gasteiger partial charge in [-0.15, -0.1) is 0 Å². The zero-order valence-corrected chi connectivity index (χ0v) is 18.4. The van der Waals surface area contributed by atoms with Gasteiger partial charge in [-0.3, -0.25) is 9.59 Å². The zero-order valence-electron chi connectivity index (χ0n) is 18.4. The van der Waals surface area contributed by atoms with Crippen LogP contribution in [0, 0.1) is 11.8 Å². The third-order valence-corrected chi connectivity index (χ3v) is 7.23. The van der Waals surface area contributed by atoms with E-state index in [1.165, 1.54) is 0 Å². The van der Waals surface area contributed by atoms with Crippen molar-refractivity contribution in [3.8, 4) is 11.1 Å². The van der Waals surface area contributed by atoms with Gasteiger partial charge in [-0.2, -0.15) is 0 Å². The quantitative estimate of drug-likeness (QED) is 0.704. The second kappa shape index (κ2) is 8.89. The second-order valence-electron chi connectivity index (χ2n) is 9.41. The van der Waals surface area contributed by atoms with Gasteiger partial charge in [-0.25, -0.2) is 4.79 Å². The molecule has 2 fully saturated rings. The van der Waals surface area contributed by atoms with Crippen molar-refractivity contribution in [3.05, 3.63) is 59.7 Å². The molecule has 2 N–H and O–H groups in total. The summed E-state index contributed by atoms with van der Waals surface area (Å²) in [6.45, 7) is 1.39. The first kappa shape index (κ1) is 21.5. The number of carboxylic acids is 1. The molecule has 5 rings (SSSR count). The summed E-state index contributed by atoms with van der Waals surface area (Å²) in [7, 11) is 0. The number of benzene rings is 2. The number of nitrogens with one attached hydrogen (secondary N) is 1. The lowest BCUT2D eigenvalue weighted by atomic mass is 9.98. The number of amides is 2. The van der Waals surface area contributed by atoms with Gasteiger partial charge in [0.25, 0.3) is 0 Å². The van der Waals surface area contributed by atoms with E-state index in [0.717, 1.165) is 41.5 Å². The first-order chi connectivity index (χ1) is 16.0. The first-order valence-corrected chi connectivity index (χ1v) is 11.6. The second-order valence-corrected chi connectivity index (χ2v) is 9.41. The van der Waals surface area contributed by atoms with Crippen molar-refractivity contribution in [2.75, 3.05) is 19.7 Å². The molecule has 0 aromatic heterocycles. The average Bonchev–Trinajstić information content (AvgIpc) is 3.32. The van der Waals surface area contributed by atoms with Gasteiger partial charge in [0.2, 0.25) is 5.91 Å². The maximum atomic E-state index is 13.1. The Bertz CT molecular complexity index is 1030. The van der Waals surface area contributed by atoms with E-state index in [-0.39, 0.29) is 18.4 Å². The molecule has 2 aliphatic carbocycles. The number of carbonyl (C=O) groups excluding carboxylic acids is 2. The van der Waals surface area contributed by atoms with Crippen LogP contribution in [0.15, 0.2) is 48.5 Å². The summed E-state index contributed by atoms with van der Waals surface area (Å²) >= 11 is 0. The van der Waals surface area contributed by atoms with Crippen molar-refractivity contribution in [2.24, 2.45) is 11.8 Å². The number of aliphatic carboxylic acids is 1. The normalized spacial score (nSPS) is 21.8. The molecule has 33 heavy (non-hydrogen) atoms. The van der Waals surface area contributed by atoms with Crippen molar-refractivity contribution in [2.45, 2.75) is 37.6 Å². The lowest BCUT2D eigenvalue weighted by Gasteiger charge is -2.34. The molecule has 1 saturated carbocycles. The maximum absolute atomic E-state index is 13.1. The minimum atomic E-state index is -1.13. The Morgan fingerprint density at radius 1 is 0.970 bits per heavy atom. The van der Waals surface area contributed by atoms with E-state index in [9.17, 15) is 19.5 Å². The average molecular weight is 449 g/mol. The maximum Gasteiger partial charge on any atom is 0.407 e. The topological polar surface area (TPSA) is 95.9 Å². The molecule has 1 aliphatic heterocycles. The molecule has 3 unspecified atom stereocenters. The van der Waals surface area contributed by atoms with E-state index in [2.05, 4.69) is 17.4 Å². The van der Waals surface area contributed by atoms with Crippen LogP contribution in [0.5, 0.6) is 0 Å². The van der Waals surface area contributed by atoms with E-state index in [4.69, 9.17) is 4.74 Å². The highest BCUT2D eigenvalue weighted by Gasteiger charge is 2.38. The summed E-state index contributed by atoms with van der Waals surface area (Å²) in [6, 6.07) is 14.9. The summed E-state index contributed by atoms with van der Waals surface area (Å²) in [5, 5.41) is 11.9. The molecular formula is C26H28N2O5. The van der Waals surface area contributed by atoms with Crippen molar-refractivity contribution >= 4 is 18.0 Å². The van der Waals surface area contributed by atoms with Gasteiger partial charge in [0.1, 0.15) is 12.6 Å². The van der Waals surface area contributed by atoms with Crippen LogP contribution in [-0.4, -0.2) is 53.7 Å². The number of rotatable bonds is 6. The molecule has 3 atom stereocenters. The number of alkyl carbamates (subject to hydrolysis) is 1. The minimum Gasteiger partial charge on any atom is -0.481 e. The number of likely N-dealkylation sites (tertiary alicyclic amines) is 1. The standard InChI is InChI=1S/C26H28N2O5/c29-24(30)12-23(25(31)28-13-16-9-10-17(11-16)14-28)27-26(32)33-15-22-20-7-3-1-5-18(20)19-6-2-4-8-21(19)22/h1-8,16-17,22-23H,9-15H2,(H,27,32)(H,29,30). The van der Waals surface area contributed by atoms with Gasteiger partial charge in [-0.1, -0.05) is 48.5 Å². The Labute approximate surface area is 192 Å². The highest BCUT2D eigenvalue weighted by molar-refractivity contribution is 5.89. The Balaban J connectivity index is 1.25. The number of nitrogens with zero attached hydrogens (tertiary/aromatic N) is 1. The van der Waals surface area contributed by atoms with Gasteiger partial charge in [0.05, 0.1) is 6.42 Å². The van der Waals surface area contributed by atoms with Crippen LogP contribution in [-0.2, 0) is 14.3 Å². The van der Waals surface area contributed by atoms with E-state index in [1.54, 1.807) is 4.90 Å². The van der Waals surface area contributed by atoms with Gasteiger partial charge < -0.3 is 20.1 Å². The number of carbonyl (C=O) groups is 3. The molecule has 2 bridgehead atoms. The Hall–Kier alpha value is -3.35. The van der Waals surface area contributed by atoms with Crippen molar-refractivity contribution in [1.82, 2.24) is 10.2 Å².